The highest BCUT2D eigenvalue weighted by molar-refractivity contribution is 9.11. The number of ether oxygens (including phenoxy) is 3. The standard InChI is InChI=1S/C13H22BrNO3S/c1-10(15)13(11-4-5-12(14)19-11)18-7-3-6-17-9-8-16-2/h4-5,10,13H,3,6-9,15H2,1-2H3. The van der Waals surface area contributed by atoms with E-state index in [1.54, 1.807) is 18.4 Å². The summed E-state index contributed by atoms with van der Waals surface area (Å²) >= 11 is 5.12. The minimum atomic E-state index is -0.0460. The number of halogens is 1. The molecule has 0 bridgehead atoms. The van der Waals surface area contributed by atoms with Gasteiger partial charge in [-0.1, -0.05) is 0 Å². The fourth-order valence-corrected chi connectivity index (χ4v) is 3.18. The smallest absolute Gasteiger partial charge is 0.106 e. The molecule has 0 aliphatic carbocycles. The highest BCUT2D eigenvalue weighted by Crippen LogP contribution is 2.30. The van der Waals surface area contributed by atoms with Crippen LogP contribution in [0.4, 0.5) is 0 Å². The SMILES string of the molecule is COCCOCCCOC(c1ccc(Br)s1)C(C)N. The Labute approximate surface area is 127 Å². The highest BCUT2D eigenvalue weighted by atomic mass is 79.9. The second kappa shape index (κ2) is 9.85. The molecule has 110 valence electrons. The molecule has 0 amide bonds. The molecule has 1 aromatic heterocycles. The van der Waals surface area contributed by atoms with Crippen LogP contribution in [-0.2, 0) is 14.2 Å². The molecule has 19 heavy (non-hydrogen) atoms. The second-order valence-corrected chi connectivity index (χ2v) is 6.75. The van der Waals surface area contributed by atoms with Crippen LogP contribution in [0.15, 0.2) is 15.9 Å². The maximum Gasteiger partial charge on any atom is 0.106 e. The Kier molecular flexibility index (Phi) is 8.85. The summed E-state index contributed by atoms with van der Waals surface area (Å²) in [7, 11) is 1.67. The minimum Gasteiger partial charge on any atom is -0.382 e. The topological polar surface area (TPSA) is 53.7 Å². The Balaban J connectivity index is 2.24. The van der Waals surface area contributed by atoms with Gasteiger partial charge in [-0.05, 0) is 41.4 Å². The van der Waals surface area contributed by atoms with Gasteiger partial charge in [-0.2, -0.15) is 0 Å². The predicted molar refractivity (Wildman–Crippen MR) is 81.7 cm³/mol. The summed E-state index contributed by atoms with van der Waals surface area (Å²) in [6, 6.07) is 4.05. The van der Waals surface area contributed by atoms with Crippen molar-refractivity contribution in [2.75, 3.05) is 33.5 Å². The van der Waals surface area contributed by atoms with Crippen LogP contribution in [0.3, 0.4) is 0 Å². The van der Waals surface area contributed by atoms with Crippen molar-refractivity contribution >= 4 is 27.3 Å². The van der Waals surface area contributed by atoms with Gasteiger partial charge in [0.2, 0.25) is 0 Å². The highest BCUT2D eigenvalue weighted by Gasteiger charge is 2.18. The van der Waals surface area contributed by atoms with E-state index in [1.807, 2.05) is 13.0 Å². The minimum absolute atomic E-state index is 0.0278. The van der Waals surface area contributed by atoms with Gasteiger partial charge in [-0.25, -0.2) is 0 Å². The molecule has 2 atom stereocenters. The lowest BCUT2D eigenvalue weighted by atomic mass is 10.1. The molecule has 2 unspecified atom stereocenters. The Morgan fingerprint density at radius 1 is 1.26 bits per heavy atom. The van der Waals surface area contributed by atoms with E-state index in [9.17, 15) is 0 Å². The number of rotatable bonds is 10. The maximum absolute atomic E-state index is 5.98. The molecule has 1 heterocycles. The van der Waals surface area contributed by atoms with E-state index in [-0.39, 0.29) is 12.1 Å². The first-order chi connectivity index (χ1) is 9.15. The van der Waals surface area contributed by atoms with Crippen molar-refractivity contribution in [3.63, 3.8) is 0 Å². The largest absolute Gasteiger partial charge is 0.382 e. The fourth-order valence-electron chi connectivity index (χ4n) is 1.59. The molecule has 2 N–H and O–H groups in total. The lowest BCUT2D eigenvalue weighted by Crippen LogP contribution is -2.26. The molecule has 1 rings (SSSR count). The molecule has 0 radical (unpaired) electrons. The van der Waals surface area contributed by atoms with Gasteiger partial charge in [0.05, 0.1) is 17.0 Å². The van der Waals surface area contributed by atoms with Crippen molar-refractivity contribution in [3.05, 3.63) is 20.8 Å². The number of nitrogens with two attached hydrogens (primary N) is 1. The van der Waals surface area contributed by atoms with Crippen LogP contribution < -0.4 is 5.73 Å². The molecule has 6 heteroatoms. The summed E-state index contributed by atoms with van der Waals surface area (Å²) in [5.74, 6) is 0. The van der Waals surface area contributed by atoms with E-state index >= 15 is 0 Å². The Hall–Kier alpha value is 0.0200. The maximum atomic E-state index is 5.98. The van der Waals surface area contributed by atoms with E-state index in [0.717, 1.165) is 15.1 Å². The van der Waals surface area contributed by atoms with Gasteiger partial charge < -0.3 is 19.9 Å². The van der Waals surface area contributed by atoms with Crippen molar-refractivity contribution in [2.45, 2.75) is 25.5 Å². The van der Waals surface area contributed by atoms with Crippen LogP contribution in [0.1, 0.15) is 24.3 Å². The van der Waals surface area contributed by atoms with Crippen LogP contribution in [0, 0.1) is 0 Å². The van der Waals surface area contributed by atoms with Gasteiger partial charge in [0.25, 0.3) is 0 Å². The molecule has 0 aliphatic heterocycles. The summed E-state index contributed by atoms with van der Waals surface area (Å²) in [5.41, 5.74) is 5.98. The number of thiophene rings is 1. The van der Waals surface area contributed by atoms with E-state index in [4.69, 9.17) is 19.9 Å². The normalized spacial score (nSPS) is 14.5. The first-order valence-electron chi connectivity index (χ1n) is 6.34. The van der Waals surface area contributed by atoms with E-state index < -0.39 is 0 Å². The zero-order valence-electron chi connectivity index (χ0n) is 11.4. The summed E-state index contributed by atoms with van der Waals surface area (Å²) in [5, 5.41) is 0. The van der Waals surface area contributed by atoms with Crippen LogP contribution in [0.2, 0.25) is 0 Å². The third kappa shape index (κ3) is 6.83. The number of hydrogen-bond donors (Lipinski definition) is 1. The van der Waals surface area contributed by atoms with Gasteiger partial charge in [-0.15, -0.1) is 11.3 Å². The van der Waals surface area contributed by atoms with Crippen molar-refractivity contribution in [2.24, 2.45) is 5.73 Å². The Morgan fingerprint density at radius 3 is 2.63 bits per heavy atom. The molecular formula is C13H22BrNO3S. The zero-order valence-corrected chi connectivity index (χ0v) is 13.8. The molecule has 0 fully saturated rings. The van der Waals surface area contributed by atoms with E-state index in [0.29, 0.717) is 26.4 Å². The molecule has 1 aromatic rings. The summed E-state index contributed by atoms with van der Waals surface area (Å²) in [4.78, 5) is 1.15. The molecule has 4 nitrogen and oxygen atoms in total. The van der Waals surface area contributed by atoms with Gasteiger partial charge in [0, 0.05) is 31.2 Å². The van der Waals surface area contributed by atoms with E-state index in [2.05, 4.69) is 22.0 Å². The van der Waals surface area contributed by atoms with Crippen LogP contribution in [0.5, 0.6) is 0 Å². The first kappa shape index (κ1) is 17.1. The number of methoxy groups -OCH3 is 1. The zero-order chi connectivity index (χ0) is 14.1. The molecule has 0 saturated heterocycles. The van der Waals surface area contributed by atoms with Crippen molar-refractivity contribution < 1.29 is 14.2 Å². The van der Waals surface area contributed by atoms with E-state index in [1.165, 1.54) is 0 Å². The molecule has 0 aromatic carbocycles. The van der Waals surface area contributed by atoms with Gasteiger partial charge in [0.15, 0.2) is 0 Å². The monoisotopic (exact) mass is 351 g/mol. The van der Waals surface area contributed by atoms with Crippen molar-refractivity contribution in [1.82, 2.24) is 0 Å². The van der Waals surface area contributed by atoms with Crippen LogP contribution in [0.25, 0.3) is 0 Å². The Morgan fingerprint density at radius 2 is 2.05 bits per heavy atom. The van der Waals surface area contributed by atoms with Crippen LogP contribution >= 0.6 is 27.3 Å². The quantitative estimate of drug-likeness (QED) is 0.658. The lowest BCUT2D eigenvalue weighted by molar-refractivity contribution is 0.0159. The average molecular weight is 352 g/mol. The van der Waals surface area contributed by atoms with Gasteiger partial charge in [-0.3, -0.25) is 0 Å². The molecule has 0 aliphatic rings. The second-order valence-electron chi connectivity index (χ2n) is 4.25. The summed E-state index contributed by atoms with van der Waals surface area (Å²) in [6.07, 6.45) is 0.815. The third-order valence-corrected chi connectivity index (χ3v) is 4.20. The first-order valence-corrected chi connectivity index (χ1v) is 7.95. The fraction of sp³-hybridized carbons (Fsp3) is 0.692. The number of hydrogen-bond acceptors (Lipinski definition) is 5. The predicted octanol–water partition coefficient (Wildman–Crippen LogP) is 2.97. The van der Waals surface area contributed by atoms with Crippen molar-refractivity contribution in [3.8, 4) is 0 Å². The molecular weight excluding hydrogens is 330 g/mol. The summed E-state index contributed by atoms with van der Waals surface area (Å²) in [6.45, 7) is 4.56. The molecule has 0 saturated carbocycles. The summed E-state index contributed by atoms with van der Waals surface area (Å²) < 4.78 is 17.2. The van der Waals surface area contributed by atoms with Crippen LogP contribution in [-0.4, -0.2) is 39.6 Å². The van der Waals surface area contributed by atoms with Crippen molar-refractivity contribution in [1.29, 1.82) is 0 Å². The average Bonchev–Trinajstić information content (AvgIpc) is 2.78. The molecule has 0 spiro atoms. The van der Waals surface area contributed by atoms with Gasteiger partial charge in [0.1, 0.15) is 6.10 Å². The third-order valence-electron chi connectivity index (χ3n) is 2.51. The van der Waals surface area contributed by atoms with Gasteiger partial charge >= 0.3 is 0 Å². The lowest BCUT2D eigenvalue weighted by Gasteiger charge is -2.20. The Bertz CT molecular complexity index is 346.